The largest absolute Gasteiger partial charge is 0.497 e. The van der Waals surface area contributed by atoms with E-state index in [1.54, 1.807) is 38.5 Å². The van der Waals surface area contributed by atoms with E-state index in [0.717, 1.165) is 5.56 Å². The van der Waals surface area contributed by atoms with Crippen LogP contribution in [0.5, 0.6) is 17.4 Å². The van der Waals surface area contributed by atoms with E-state index in [9.17, 15) is 5.11 Å². The third-order valence-corrected chi connectivity index (χ3v) is 3.64. The summed E-state index contributed by atoms with van der Waals surface area (Å²) in [5, 5.41) is 18.2. The van der Waals surface area contributed by atoms with E-state index in [2.05, 4.69) is 10.2 Å². The van der Waals surface area contributed by atoms with Gasteiger partial charge >= 0.3 is 5.95 Å². The monoisotopic (exact) mass is 338 g/mol. The number of nitrogens with zero attached hydrogens (tertiary/aromatic N) is 2. The number of hydrogen-bond acceptors (Lipinski definition) is 6. The van der Waals surface area contributed by atoms with Crippen molar-refractivity contribution in [3.05, 3.63) is 54.1 Å². The van der Waals surface area contributed by atoms with Crippen molar-refractivity contribution in [1.82, 2.24) is 0 Å². The van der Waals surface area contributed by atoms with Crippen molar-refractivity contribution in [3.8, 4) is 28.8 Å². The number of aromatic hydroxyl groups is 1. The molecule has 0 bridgehead atoms. The number of methoxy groups -OCH3 is 2. The molecule has 0 saturated carbocycles. The molecule has 0 saturated heterocycles. The molecule has 0 atom stereocenters. The van der Waals surface area contributed by atoms with Crippen LogP contribution >= 0.6 is 0 Å². The van der Waals surface area contributed by atoms with Gasteiger partial charge in [-0.2, -0.15) is 5.11 Å². The average Bonchev–Trinajstić information content (AvgIpc) is 3.00. The summed E-state index contributed by atoms with van der Waals surface area (Å²) in [7, 11) is 3.14. The zero-order valence-corrected chi connectivity index (χ0v) is 14.2. The number of hydrogen-bond donors (Lipinski definition) is 1. The Hall–Kier alpha value is -3.28. The highest BCUT2D eigenvalue weighted by Gasteiger charge is 2.16. The lowest BCUT2D eigenvalue weighted by molar-refractivity contribution is 0.337. The van der Waals surface area contributed by atoms with Crippen LogP contribution in [0.4, 0.5) is 11.4 Å². The first-order valence-electron chi connectivity index (χ1n) is 7.64. The molecule has 0 fully saturated rings. The molecule has 2 aromatic carbocycles. The summed E-state index contributed by atoms with van der Waals surface area (Å²) in [6.45, 7) is 1.97. The van der Waals surface area contributed by atoms with Crippen molar-refractivity contribution in [2.24, 2.45) is 10.2 Å². The van der Waals surface area contributed by atoms with Gasteiger partial charge < -0.3 is 19.0 Å². The summed E-state index contributed by atoms with van der Waals surface area (Å²) >= 11 is 0. The second-order valence-electron chi connectivity index (χ2n) is 5.41. The molecule has 0 radical (unpaired) electrons. The number of ether oxygens (including phenoxy) is 2. The Morgan fingerprint density at radius 3 is 2.52 bits per heavy atom. The molecule has 25 heavy (non-hydrogen) atoms. The summed E-state index contributed by atoms with van der Waals surface area (Å²) in [5.41, 5.74) is 2.66. The Morgan fingerprint density at radius 1 is 0.960 bits per heavy atom. The van der Waals surface area contributed by atoms with E-state index in [1.165, 1.54) is 0 Å². The lowest BCUT2D eigenvalue weighted by atomic mass is 10.1. The highest BCUT2D eigenvalue weighted by atomic mass is 16.5. The maximum Gasteiger partial charge on any atom is 0.311 e. The Bertz CT molecular complexity index is 916. The molecule has 3 rings (SSSR count). The van der Waals surface area contributed by atoms with E-state index in [-0.39, 0.29) is 11.6 Å². The van der Waals surface area contributed by atoms with Gasteiger partial charge in [-0.05, 0) is 42.8 Å². The van der Waals surface area contributed by atoms with Crippen molar-refractivity contribution in [3.63, 3.8) is 0 Å². The number of benzene rings is 2. The first-order valence-corrected chi connectivity index (χ1v) is 7.64. The molecule has 3 aromatic rings. The van der Waals surface area contributed by atoms with E-state index in [4.69, 9.17) is 13.9 Å². The van der Waals surface area contributed by atoms with Gasteiger partial charge in [0.15, 0.2) is 5.69 Å². The molecular formula is C19H18N2O4. The van der Waals surface area contributed by atoms with E-state index in [1.807, 2.05) is 31.2 Å². The average molecular weight is 338 g/mol. The molecule has 0 aliphatic rings. The summed E-state index contributed by atoms with van der Waals surface area (Å²) in [6, 6.07) is 14.5. The molecule has 6 heteroatoms. The second kappa shape index (κ2) is 7.09. The van der Waals surface area contributed by atoms with Gasteiger partial charge in [0, 0.05) is 6.07 Å². The van der Waals surface area contributed by atoms with Gasteiger partial charge in [-0.15, -0.1) is 5.11 Å². The maximum atomic E-state index is 10.0. The van der Waals surface area contributed by atoms with Gasteiger partial charge in [0.05, 0.1) is 25.5 Å². The number of aryl methyl sites for hydroxylation is 1. The first-order chi connectivity index (χ1) is 12.1. The van der Waals surface area contributed by atoms with Crippen molar-refractivity contribution >= 4 is 11.4 Å². The third kappa shape index (κ3) is 3.63. The van der Waals surface area contributed by atoms with Crippen LogP contribution in [-0.4, -0.2) is 19.3 Å². The predicted molar refractivity (Wildman–Crippen MR) is 94.3 cm³/mol. The van der Waals surface area contributed by atoms with Crippen molar-refractivity contribution < 1.29 is 19.0 Å². The lowest BCUT2D eigenvalue weighted by Crippen LogP contribution is -1.89. The predicted octanol–water partition coefficient (Wildman–Crippen LogP) is 5.39. The van der Waals surface area contributed by atoms with Crippen LogP contribution in [0.3, 0.4) is 0 Å². The third-order valence-electron chi connectivity index (χ3n) is 3.64. The Balaban J connectivity index is 1.95. The van der Waals surface area contributed by atoms with E-state index in [0.29, 0.717) is 28.5 Å². The minimum atomic E-state index is -0.309. The minimum absolute atomic E-state index is 0.237. The molecule has 6 nitrogen and oxygen atoms in total. The maximum absolute atomic E-state index is 10.0. The Morgan fingerprint density at radius 2 is 1.80 bits per heavy atom. The zero-order chi connectivity index (χ0) is 17.8. The zero-order valence-electron chi connectivity index (χ0n) is 14.2. The standard InChI is InChI=1S/C19H18N2O4/c1-12-5-4-6-13(9-12)20-21-16-11-18(25-19(16)22)15-10-14(23-2)7-8-17(15)24-3/h4-11,22H,1-3H3. The first kappa shape index (κ1) is 16.6. The SMILES string of the molecule is COc1ccc(OC)c(-c2cc(N=Nc3cccc(C)c3)c(O)o2)c1. The molecule has 1 heterocycles. The van der Waals surface area contributed by atoms with Crippen LogP contribution in [0.2, 0.25) is 0 Å². The normalized spacial score (nSPS) is 11.0. The van der Waals surface area contributed by atoms with Gasteiger partial charge in [-0.3, -0.25) is 0 Å². The molecule has 0 amide bonds. The molecule has 0 spiro atoms. The van der Waals surface area contributed by atoms with Gasteiger partial charge in [0.25, 0.3) is 0 Å². The molecule has 1 aromatic heterocycles. The molecule has 0 aliphatic heterocycles. The molecular weight excluding hydrogens is 320 g/mol. The van der Waals surface area contributed by atoms with Gasteiger partial charge in [-0.25, -0.2) is 0 Å². The number of rotatable bonds is 5. The summed E-state index contributed by atoms with van der Waals surface area (Å²) in [5.74, 6) is 1.34. The molecule has 0 aliphatic carbocycles. The van der Waals surface area contributed by atoms with Crippen LogP contribution < -0.4 is 9.47 Å². The summed E-state index contributed by atoms with van der Waals surface area (Å²) in [4.78, 5) is 0. The van der Waals surface area contributed by atoms with Gasteiger partial charge in [-0.1, -0.05) is 12.1 Å². The van der Waals surface area contributed by atoms with E-state index < -0.39 is 0 Å². The lowest BCUT2D eigenvalue weighted by Gasteiger charge is -2.07. The Kier molecular flexibility index (Phi) is 4.70. The Labute approximate surface area is 145 Å². The molecule has 128 valence electrons. The fraction of sp³-hybridized carbons (Fsp3) is 0.158. The number of furan rings is 1. The second-order valence-corrected chi connectivity index (χ2v) is 5.41. The minimum Gasteiger partial charge on any atom is -0.497 e. The highest BCUT2D eigenvalue weighted by molar-refractivity contribution is 5.71. The number of azo groups is 1. The van der Waals surface area contributed by atoms with Gasteiger partial charge in [0.1, 0.15) is 17.3 Å². The van der Waals surface area contributed by atoms with Crippen LogP contribution in [0.15, 0.2) is 63.2 Å². The molecule has 0 unspecified atom stereocenters. The van der Waals surface area contributed by atoms with Crippen LogP contribution in [0.1, 0.15) is 5.56 Å². The van der Waals surface area contributed by atoms with Crippen LogP contribution in [0, 0.1) is 6.92 Å². The van der Waals surface area contributed by atoms with Crippen LogP contribution in [-0.2, 0) is 0 Å². The molecule has 1 N–H and O–H groups in total. The highest BCUT2D eigenvalue weighted by Crippen LogP contribution is 2.41. The fourth-order valence-electron chi connectivity index (χ4n) is 2.38. The fourth-order valence-corrected chi connectivity index (χ4v) is 2.38. The van der Waals surface area contributed by atoms with Crippen molar-refractivity contribution in [2.75, 3.05) is 14.2 Å². The summed E-state index contributed by atoms with van der Waals surface area (Å²) < 4.78 is 16.0. The van der Waals surface area contributed by atoms with Gasteiger partial charge in [0.2, 0.25) is 0 Å². The smallest absolute Gasteiger partial charge is 0.311 e. The van der Waals surface area contributed by atoms with Crippen molar-refractivity contribution in [1.29, 1.82) is 0 Å². The topological polar surface area (TPSA) is 76.5 Å². The van der Waals surface area contributed by atoms with Crippen molar-refractivity contribution in [2.45, 2.75) is 6.92 Å². The summed E-state index contributed by atoms with van der Waals surface area (Å²) in [6.07, 6.45) is 0. The quantitative estimate of drug-likeness (QED) is 0.632. The van der Waals surface area contributed by atoms with E-state index >= 15 is 0 Å². The van der Waals surface area contributed by atoms with Crippen LogP contribution in [0.25, 0.3) is 11.3 Å².